The van der Waals surface area contributed by atoms with Gasteiger partial charge in [0.05, 0.1) is 30.2 Å². The Kier molecular flexibility index (Phi) is 6.71. The Morgan fingerprint density at radius 2 is 1.55 bits per heavy atom. The van der Waals surface area contributed by atoms with Crippen LogP contribution in [0, 0.1) is 13.8 Å². The highest BCUT2D eigenvalue weighted by atomic mass is 32.1. The van der Waals surface area contributed by atoms with Gasteiger partial charge in [-0.05, 0) is 43.7 Å². The van der Waals surface area contributed by atoms with Crippen LogP contribution in [0.3, 0.4) is 0 Å². The quantitative estimate of drug-likeness (QED) is 0.546. The zero-order valence-corrected chi connectivity index (χ0v) is 18.4. The highest BCUT2D eigenvalue weighted by Crippen LogP contribution is 2.35. The fourth-order valence-electron chi connectivity index (χ4n) is 2.99. The normalized spacial score (nSPS) is 10.3. The molecule has 2 N–H and O–H groups in total. The summed E-state index contributed by atoms with van der Waals surface area (Å²) in [7, 11) is 2.71. The third kappa shape index (κ3) is 4.75. The number of hydrogen-bond donors (Lipinski definition) is 2. The molecule has 0 aliphatic heterocycles. The Labute approximate surface area is 184 Å². The van der Waals surface area contributed by atoms with Crippen LogP contribution in [0.5, 0.6) is 5.75 Å². The van der Waals surface area contributed by atoms with E-state index in [1.54, 1.807) is 43.3 Å². The van der Waals surface area contributed by atoms with Gasteiger partial charge in [0.25, 0.3) is 11.8 Å². The van der Waals surface area contributed by atoms with Gasteiger partial charge in [-0.25, -0.2) is 4.79 Å². The third-order valence-corrected chi connectivity index (χ3v) is 5.84. The van der Waals surface area contributed by atoms with Gasteiger partial charge >= 0.3 is 5.97 Å². The van der Waals surface area contributed by atoms with Gasteiger partial charge in [-0.2, -0.15) is 0 Å². The van der Waals surface area contributed by atoms with Crippen LogP contribution in [-0.4, -0.2) is 32.0 Å². The minimum atomic E-state index is -0.640. The number of benzene rings is 2. The van der Waals surface area contributed by atoms with E-state index in [2.05, 4.69) is 10.6 Å². The summed E-state index contributed by atoms with van der Waals surface area (Å²) < 4.78 is 10.1. The molecule has 3 aromatic rings. The second-order valence-electron chi connectivity index (χ2n) is 6.73. The Bertz CT molecular complexity index is 1140. The number of rotatable bonds is 6. The first-order chi connectivity index (χ1) is 14.8. The van der Waals surface area contributed by atoms with E-state index < -0.39 is 11.9 Å². The SMILES string of the molecule is COC(=O)c1c(NC(=O)c2ccccc2OC)sc(C(=O)Nc2ccc(C)cc2)c1C. The second-order valence-corrected chi connectivity index (χ2v) is 7.75. The van der Waals surface area contributed by atoms with Crippen molar-refractivity contribution in [2.24, 2.45) is 0 Å². The van der Waals surface area contributed by atoms with Crippen LogP contribution in [-0.2, 0) is 4.74 Å². The van der Waals surface area contributed by atoms with E-state index in [0.717, 1.165) is 16.9 Å². The van der Waals surface area contributed by atoms with Gasteiger partial charge in [0.2, 0.25) is 0 Å². The first-order valence-electron chi connectivity index (χ1n) is 9.39. The summed E-state index contributed by atoms with van der Waals surface area (Å²) >= 11 is 1.01. The number of amides is 2. The molecule has 2 aromatic carbocycles. The zero-order chi connectivity index (χ0) is 22.5. The van der Waals surface area contributed by atoms with Crippen molar-refractivity contribution in [2.45, 2.75) is 13.8 Å². The van der Waals surface area contributed by atoms with Gasteiger partial charge in [0, 0.05) is 5.69 Å². The van der Waals surface area contributed by atoms with E-state index >= 15 is 0 Å². The number of hydrogen-bond acceptors (Lipinski definition) is 6. The molecule has 0 saturated carbocycles. The van der Waals surface area contributed by atoms with Gasteiger partial charge in [-0.15, -0.1) is 11.3 Å². The number of carbonyl (C=O) groups excluding carboxylic acids is 3. The molecule has 0 saturated heterocycles. The lowest BCUT2D eigenvalue weighted by atomic mass is 10.1. The van der Waals surface area contributed by atoms with Crippen molar-refractivity contribution in [3.05, 3.63) is 75.7 Å². The second kappa shape index (κ2) is 9.44. The van der Waals surface area contributed by atoms with E-state index in [-0.39, 0.29) is 16.5 Å². The van der Waals surface area contributed by atoms with E-state index in [1.807, 2.05) is 19.1 Å². The number of ether oxygens (including phenoxy) is 2. The number of carbonyl (C=O) groups is 3. The molecule has 8 heteroatoms. The average Bonchev–Trinajstić information content (AvgIpc) is 3.10. The Balaban J connectivity index is 1.94. The summed E-state index contributed by atoms with van der Waals surface area (Å²) in [5.41, 5.74) is 2.57. The van der Waals surface area contributed by atoms with Crippen LogP contribution in [0.25, 0.3) is 0 Å². The van der Waals surface area contributed by atoms with Gasteiger partial charge in [0.15, 0.2) is 0 Å². The van der Waals surface area contributed by atoms with E-state index in [9.17, 15) is 14.4 Å². The summed E-state index contributed by atoms with van der Waals surface area (Å²) in [5, 5.41) is 5.77. The number of methoxy groups -OCH3 is 2. The molecule has 1 aromatic heterocycles. The largest absolute Gasteiger partial charge is 0.496 e. The molecule has 160 valence electrons. The minimum Gasteiger partial charge on any atom is -0.496 e. The predicted octanol–water partition coefficient (Wildman–Crippen LogP) is 4.66. The van der Waals surface area contributed by atoms with Crippen LogP contribution in [0.4, 0.5) is 10.7 Å². The molecule has 31 heavy (non-hydrogen) atoms. The molecule has 0 aliphatic carbocycles. The fourth-order valence-corrected chi connectivity index (χ4v) is 4.08. The number of aryl methyl sites for hydroxylation is 1. The molecule has 3 rings (SSSR count). The summed E-state index contributed by atoms with van der Waals surface area (Å²) in [5.74, 6) is -1.09. The molecule has 0 unspecified atom stereocenters. The lowest BCUT2D eigenvalue weighted by molar-refractivity contribution is 0.0601. The van der Waals surface area contributed by atoms with Crippen LogP contribution in [0.1, 0.15) is 41.5 Å². The maximum absolute atomic E-state index is 12.9. The monoisotopic (exact) mass is 438 g/mol. The molecule has 0 spiro atoms. The molecular weight excluding hydrogens is 416 g/mol. The molecular formula is C23H22N2O5S. The van der Waals surface area contributed by atoms with Crippen LogP contribution in [0.15, 0.2) is 48.5 Å². The Morgan fingerprint density at radius 3 is 2.19 bits per heavy atom. The lowest BCUT2D eigenvalue weighted by Gasteiger charge is -2.09. The van der Waals surface area contributed by atoms with Gasteiger partial charge in [-0.1, -0.05) is 29.8 Å². The summed E-state index contributed by atoms with van der Waals surface area (Å²) in [4.78, 5) is 38.4. The van der Waals surface area contributed by atoms with Crippen molar-refractivity contribution in [3.8, 4) is 5.75 Å². The topological polar surface area (TPSA) is 93.7 Å². The molecule has 2 amide bonds. The van der Waals surface area contributed by atoms with Crippen molar-refractivity contribution in [2.75, 3.05) is 24.9 Å². The maximum atomic E-state index is 12.9. The summed E-state index contributed by atoms with van der Waals surface area (Å²) in [6.45, 7) is 3.60. The van der Waals surface area contributed by atoms with E-state index in [4.69, 9.17) is 9.47 Å². The summed E-state index contributed by atoms with van der Waals surface area (Å²) in [6, 6.07) is 14.1. The minimum absolute atomic E-state index is 0.143. The van der Waals surface area contributed by atoms with Crippen molar-refractivity contribution >= 4 is 39.8 Å². The van der Waals surface area contributed by atoms with Crippen molar-refractivity contribution < 1.29 is 23.9 Å². The highest BCUT2D eigenvalue weighted by molar-refractivity contribution is 7.19. The molecule has 0 radical (unpaired) electrons. The Morgan fingerprint density at radius 1 is 0.871 bits per heavy atom. The smallest absolute Gasteiger partial charge is 0.341 e. The highest BCUT2D eigenvalue weighted by Gasteiger charge is 2.27. The number of anilines is 2. The van der Waals surface area contributed by atoms with E-state index in [1.165, 1.54) is 14.2 Å². The van der Waals surface area contributed by atoms with E-state index in [0.29, 0.717) is 27.4 Å². The standard InChI is InChI=1S/C23H22N2O5S/c1-13-9-11-15(12-10-13)24-21(27)19-14(2)18(23(28)30-4)22(31-19)25-20(26)16-7-5-6-8-17(16)29-3/h5-12H,1-4H3,(H,24,27)(H,25,26). The number of thiophene rings is 1. The van der Waals surface area contributed by atoms with Gasteiger partial charge in [-0.3, -0.25) is 9.59 Å². The zero-order valence-electron chi connectivity index (χ0n) is 17.6. The van der Waals surface area contributed by atoms with Crippen LogP contribution >= 0.6 is 11.3 Å². The first kappa shape index (κ1) is 22.0. The predicted molar refractivity (Wildman–Crippen MR) is 120 cm³/mol. The average molecular weight is 439 g/mol. The molecule has 0 bridgehead atoms. The van der Waals surface area contributed by atoms with Crippen LogP contribution in [0.2, 0.25) is 0 Å². The van der Waals surface area contributed by atoms with Crippen molar-refractivity contribution in [3.63, 3.8) is 0 Å². The lowest BCUT2D eigenvalue weighted by Crippen LogP contribution is -2.15. The molecule has 0 aliphatic rings. The Hall–Kier alpha value is -3.65. The van der Waals surface area contributed by atoms with Crippen molar-refractivity contribution in [1.82, 2.24) is 0 Å². The third-order valence-electron chi connectivity index (χ3n) is 4.63. The molecule has 1 heterocycles. The van der Waals surface area contributed by atoms with Gasteiger partial charge in [0.1, 0.15) is 10.8 Å². The molecule has 7 nitrogen and oxygen atoms in total. The van der Waals surface area contributed by atoms with Crippen molar-refractivity contribution in [1.29, 1.82) is 0 Å². The first-order valence-corrected chi connectivity index (χ1v) is 10.2. The maximum Gasteiger partial charge on any atom is 0.341 e. The van der Waals surface area contributed by atoms with Crippen LogP contribution < -0.4 is 15.4 Å². The van der Waals surface area contributed by atoms with Gasteiger partial charge < -0.3 is 20.1 Å². The number of para-hydroxylation sites is 1. The fraction of sp³-hybridized carbons (Fsp3) is 0.174. The molecule has 0 fully saturated rings. The summed E-state index contributed by atoms with van der Waals surface area (Å²) in [6.07, 6.45) is 0. The number of esters is 1. The molecule has 0 atom stereocenters. The number of nitrogens with one attached hydrogen (secondary N) is 2.